The highest BCUT2D eigenvalue weighted by atomic mass is 16.5. The topological polar surface area (TPSA) is 108 Å². The van der Waals surface area contributed by atoms with Crippen LogP contribution in [0, 0.1) is 11.8 Å². The van der Waals surface area contributed by atoms with Gasteiger partial charge in [-0.2, -0.15) is 0 Å². The molecule has 3 heterocycles. The van der Waals surface area contributed by atoms with Crippen molar-refractivity contribution in [2.75, 3.05) is 25.5 Å². The first-order valence-electron chi connectivity index (χ1n) is 12.5. The first kappa shape index (κ1) is 23.8. The Hall–Kier alpha value is -2.97. The zero-order valence-electron chi connectivity index (χ0n) is 20.3. The maximum Gasteiger partial charge on any atom is 0.250 e. The molecule has 186 valence electrons. The van der Waals surface area contributed by atoms with Crippen molar-refractivity contribution in [1.29, 1.82) is 0 Å². The number of carbonyl (C=O) groups is 3. The van der Waals surface area contributed by atoms with E-state index >= 15 is 0 Å². The maximum atomic E-state index is 13.8. The third-order valence-electron chi connectivity index (χ3n) is 8.13. The van der Waals surface area contributed by atoms with Gasteiger partial charge in [0.2, 0.25) is 17.7 Å². The van der Waals surface area contributed by atoms with Crippen LogP contribution in [0.1, 0.15) is 39.0 Å². The van der Waals surface area contributed by atoms with Crippen molar-refractivity contribution in [2.45, 2.75) is 56.3 Å². The van der Waals surface area contributed by atoms with Gasteiger partial charge in [0.25, 0.3) is 0 Å². The van der Waals surface area contributed by atoms with Crippen molar-refractivity contribution in [1.82, 2.24) is 10.2 Å². The van der Waals surface area contributed by atoms with Gasteiger partial charge >= 0.3 is 0 Å². The number of carbonyl (C=O) groups excluding carboxylic acids is 3. The highest BCUT2D eigenvalue weighted by molar-refractivity contribution is 6.04. The molecule has 2 unspecified atom stereocenters. The molecule has 0 saturated carbocycles. The quantitative estimate of drug-likeness (QED) is 0.504. The first-order valence-corrected chi connectivity index (χ1v) is 12.5. The molecule has 5 rings (SSSR count). The van der Waals surface area contributed by atoms with Crippen molar-refractivity contribution in [3.8, 4) is 0 Å². The molecule has 5 atom stereocenters. The molecule has 0 aromatic heterocycles. The summed E-state index contributed by atoms with van der Waals surface area (Å²) in [7, 11) is 1.57. The summed E-state index contributed by atoms with van der Waals surface area (Å²) in [6.45, 7) is 2.36. The highest BCUT2D eigenvalue weighted by Crippen LogP contribution is 2.63. The van der Waals surface area contributed by atoms with Gasteiger partial charge in [0.15, 0.2) is 0 Å². The van der Waals surface area contributed by atoms with Crippen LogP contribution in [-0.4, -0.2) is 65.2 Å². The zero-order valence-corrected chi connectivity index (χ0v) is 20.3. The molecule has 3 saturated heterocycles. The monoisotopic (exact) mass is 479 g/mol. The molecule has 1 spiro atoms. The minimum absolute atomic E-state index is 0.0899. The molecule has 0 radical (unpaired) electrons. The summed E-state index contributed by atoms with van der Waals surface area (Å²) in [4.78, 5) is 42.2. The standard InChI is InChI=1S/C27H33N3O5/c1-26-12-13-27(35-26)21(20(26)23(32)28-2)25(34)30(14-6-3-7-15-31)22(27)24(33)29-19-11-10-17-8-4-5-9-18(17)16-19/h4-5,8-11,16,20-22,31H,3,6-7,12-15H2,1-2H3,(H,28,32)(H,29,33)/t20-,21+,22?,26+,27?/m1/s1. The van der Waals surface area contributed by atoms with E-state index in [2.05, 4.69) is 10.6 Å². The lowest BCUT2D eigenvalue weighted by molar-refractivity contribution is -0.144. The number of nitrogens with zero attached hydrogens (tertiary/aromatic N) is 1. The van der Waals surface area contributed by atoms with Crippen molar-refractivity contribution in [2.24, 2.45) is 11.8 Å². The van der Waals surface area contributed by atoms with Gasteiger partial charge in [-0.05, 0) is 61.9 Å². The van der Waals surface area contributed by atoms with Gasteiger partial charge in [-0.15, -0.1) is 0 Å². The fourth-order valence-electron chi connectivity index (χ4n) is 6.57. The highest BCUT2D eigenvalue weighted by Gasteiger charge is 2.77. The predicted molar refractivity (Wildman–Crippen MR) is 132 cm³/mol. The minimum atomic E-state index is -1.03. The fourth-order valence-corrected chi connectivity index (χ4v) is 6.57. The van der Waals surface area contributed by atoms with Crippen LogP contribution < -0.4 is 10.6 Å². The van der Waals surface area contributed by atoms with Crippen LogP contribution in [-0.2, 0) is 19.1 Å². The van der Waals surface area contributed by atoms with Gasteiger partial charge in [0.1, 0.15) is 11.6 Å². The average Bonchev–Trinajstić information content (AvgIpc) is 3.42. The average molecular weight is 480 g/mol. The van der Waals surface area contributed by atoms with E-state index in [9.17, 15) is 14.4 Å². The second-order valence-corrected chi connectivity index (χ2v) is 10.2. The van der Waals surface area contributed by atoms with Crippen LogP contribution >= 0.6 is 0 Å². The lowest BCUT2D eigenvalue weighted by Crippen LogP contribution is -2.53. The largest absolute Gasteiger partial charge is 0.396 e. The van der Waals surface area contributed by atoms with E-state index < -0.39 is 29.1 Å². The van der Waals surface area contributed by atoms with Crippen molar-refractivity contribution in [3.05, 3.63) is 42.5 Å². The second kappa shape index (κ2) is 8.91. The zero-order chi connectivity index (χ0) is 24.8. The normalized spacial score (nSPS) is 31.1. The molecule has 3 N–H and O–H groups in total. The molecular weight excluding hydrogens is 446 g/mol. The molecular formula is C27H33N3O5. The molecule has 3 fully saturated rings. The Morgan fingerprint density at radius 1 is 1.09 bits per heavy atom. The van der Waals surface area contributed by atoms with Crippen molar-refractivity contribution in [3.63, 3.8) is 0 Å². The summed E-state index contributed by atoms with van der Waals surface area (Å²) in [6.07, 6.45) is 3.22. The minimum Gasteiger partial charge on any atom is -0.396 e. The van der Waals surface area contributed by atoms with Crippen molar-refractivity contribution < 1.29 is 24.2 Å². The molecule has 2 aromatic carbocycles. The SMILES string of the molecule is CNC(=O)[C@H]1[C@H]2C(=O)N(CCCCCO)C(C(=O)Nc3ccc4ccccc4c3)C23CC[C@]1(C)O3. The van der Waals surface area contributed by atoms with E-state index in [1.165, 1.54) is 0 Å². The number of hydrogen-bond acceptors (Lipinski definition) is 5. The molecule has 3 aliphatic heterocycles. The number of ether oxygens (including phenoxy) is 1. The first-order chi connectivity index (χ1) is 16.8. The van der Waals surface area contributed by atoms with Gasteiger partial charge in [0, 0.05) is 25.9 Å². The Morgan fingerprint density at radius 2 is 1.86 bits per heavy atom. The van der Waals surface area contributed by atoms with E-state index in [4.69, 9.17) is 9.84 Å². The Balaban J connectivity index is 1.48. The smallest absolute Gasteiger partial charge is 0.250 e. The number of nitrogens with one attached hydrogen (secondary N) is 2. The summed E-state index contributed by atoms with van der Waals surface area (Å²) >= 11 is 0. The van der Waals surface area contributed by atoms with E-state index in [0.29, 0.717) is 37.9 Å². The van der Waals surface area contributed by atoms with Gasteiger partial charge < -0.3 is 25.4 Å². The number of unbranched alkanes of at least 4 members (excludes halogenated alkanes) is 2. The predicted octanol–water partition coefficient (Wildman–Crippen LogP) is 2.45. The summed E-state index contributed by atoms with van der Waals surface area (Å²) in [6, 6.07) is 12.8. The number of anilines is 1. The third-order valence-corrected chi connectivity index (χ3v) is 8.13. The van der Waals surface area contributed by atoms with Crippen LogP contribution in [0.15, 0.2) is 42.5 Å². The van der Waals surface area contributed by atoms with E-state index in [1.807, 2.05) is 49.4 Å². The molecule has 2 aromatic rings. The number of amides is 3. The number of rotatable bonds is 8. The molecule has 8 nitrogen and oxygen atoms in total. The van der Waals surface area contributed by atoms with Crippen LogP contribution in [0.5, 0.6) is 0 Å². The number of benzene rings is 2. The fraction of sp³-hybridized carbons (Fsp3) is 0.519. The van der Waals surface area contributed by atoms with E-state index in [0.717, 1.165) is 17.2 Å². The Kier molecular flexibility index (Phi) is 6.05. The van der Waals surface area contributed by atoms with Crippen molar-refractivity contribution >= 4 is 34.2 Å². The summed E-state index contributed by atoms with van der Waals surface area (Å²) < 4.78 is 6.55. The Bertz CT molecular complexity index is 1170. The third kappa shape index (κ3) is 3.70. The number of hydrogen-bond donors (Lipinski definition) is 3. The number of fused-ring (bicyclic) bond motifs is 2. The van der Waals surface area contributed by atoms with Crippen LogP contribution in [0.4, 0.5) is 5.69 Å². The van der Waals surface area contributed by atoms with Gasteiger partial charge in [0.05, 0.1) is 17.4 Å². The molecule has 3 amide bonds. The number of aliphatic hydroxyl groups excluding tert-OH is 1. The Labute approximate surface area is 205 Å². The van der Waals surface area contributed by atoms with Gasteiger partial charge in [-0.25, -0.2) is 0 Å². The summed E-state index contributed by atoms with van der Waals surface area (Å²) in [5, 5.41) is 17.0. The molecule has 0 aliphatic carbocycles. The molecule has 8 heteroatoms. The van der Waals surface area contributed by atoms with E-state index in [-0.39, 0.29) is 24.3 Å². The van der Waals surface area contributed by atoms with Crippen LogP contribution in [0.2, 0.25) is 0 Å². The lowest BCUT2D eigenvalue weighted by atomic mass is 9.66. The molecule has 2 bridgehead atoms. The lowest BCUT2D eigenvalue weighted by Gasteiger charge is -2.33. The number of likely N-dealkylation sites (tertiary alicyclic amines) is 1. The van der Waals surface area contributed by atoms with E-state index in [1.54, 1.807) is 11.9 Å². The van der Waals surface area contributed by atoms with Gasteiger partial charge in [-0.3, -0.25) is 14.4 Å². The van der Waals surface area contributed by atoms with Crippen LogP contribution in [0.25, 0.3) is 10.8 Å². The summed E-state index contributed by atoms with van der Waals surface area (Å²) in [5.41, 5.74) is -1.14. The summed E-state index contributed by atoms with van der Waals surface area (Å²) in [5.74, 6) is -2.02. The maximum absolute atomic E-state index is 13.8. The van der Waals surface area contributed by atoms with Crippen LogP contribution in [0.3, 0.4) is 0 Å². The molecule has 3 aliphatic rings. The second-order valence-electron chi connectivity index (χ2n) is 10.2. The molecule has 35 heavy (non-hydrogen) atoms. The van der Waals surface area contributed by atoms with Gasteiger partial charge in [-0.1, -0.05) is 30.3 Å². The Morgan fingerprint density at radius 3 is 2.60 bits per heavy atom. The number of aliphatic hydroxyl groups is 1.